The van der Waals surface area contributed by atoms with Gasteiger partial charge in [-0.2, -0.15) is 0 Å². The summed E-state index contributed by atoms with van der Waals surface area (Å²) in [5.74, 6) is 1.71. The van der Waals surface area contributed by atoms with Crippen LogP contribution in [0.3, 0.4) is 0 Å². The van der Waals surface area contributed by atoms with E-state index < -0.39 is 0 Å². The van der Waals surface area contributed by atoms with Crippen LogP contribution >= 0.6 is 24.0 Å². The fourth-order valence-electron chi connectivity index (χ4n) is 2.80. The molecule has 0 spiro atoms. The minimum atomic E-state index is 0. The number of pyridine rings is 1. The van der Waals surface area contributed by atoms with E-state index in [-0.39, 0.29) is 24.0 Å². The van der Waals surface area contributed by atoms with Crippen molar-refractivity contribution in [1.29, 1.82) is 0 Å². The molecule has 2 rings (SSSR count). The minimum absolute atomic E-state index is 0. The van der Waals surface area contributed by atoms with Gasteiger partial charge in [0.05, 0.1) is 0 Å². The fourth-order valence-corrected chi connectivity index (χ4v) is 2.80. The van der Waals surface area contributed by atoms with Crippen LogP contribution in [0.1, 0.15) is 57.4 Å². The van der Waals surface area contributed by atoms with Crippen molar-refractivity contribution in [3.8, 4) is 5.82 Å². The molecule has 2 aromatic heterocycles. The van der Waals surface area contributed by atoms with Crippen molar-refractivity contribution in [2.45, 2.75) is 58.4 Å². The first-order valence-corrected chi connectivity index (χ1v) is 9.71. The number of nitrogens with zero attached hydrogens (tertiary/aromatic N) is 4. The molecule has 0 radical (unpaired) electrons. The predicted octanol–water partition coefficient (Wildman–Crippen LogP) is 4.30. The first kappa shape index (κ1) is 23.4. The van der Waals surface area contributed by atoms with Crippen LogP contribution in [-0.2, 0) is 6.54 Å². The van der Waals surface area contributed by atoms with Gasteiger partial charge in [-0.05, 0) is 24.1 Å². The molecule has 0 atom stereocenters. The van der Waals surface area contributed by atoms with Crippen molar-refractivity contribution >= 4 is 29.9 Å². The molecule has 0 saturated carbocycles. The molecule has 150 valence electrons. The van der Waals surface area contributed by atoms with E-state index >= 15 is 0 Å². The van der Waals surface area contributed by atoms with Crippen LogP contribution < -0.4 is 10.6 Å². The van der Waals surface area contributed by atoms with Crippen LogP contribution in [0, 0.1) is 0 Å². The summed E-state index contributed by atoms with van der Waals surface area (Å²) in [4.78, 5) is 12.7. The summed E-state index contributed by atoms with van der Waals surface area (Å²) in [5, 5.41) is 6.76. The Labute approximate surface area is 180 Å². The SMILES string of the molecule is CCCCCCCCCNC(=NC)NCc1ccnc(-n2ccnc2)c1.I. The third-order valence-corrected chi connectivity index (χ3v) is 4.34. The predicted molar refractivity (Wildman–Crippen MR) is 123 cm³/mol. The molecule has 2 aromatic rings. The van der Waals surface area contributed by atoms with Crippen LogP contribution in [0.25, 0.3) is 5.82 Å². The summed E-state index contributed by atoms with van der Waals surface area (Å²) in [6, 6.07) is 4.06. The molecule has 0 aliphatic rings. The van der Waals surface area contributed by atoms with Crippen molar-refractivity contribution < 1.29 is 0 Å². The van der Waals surface area contributed by atoms with Gasteiger partial charge in [0.2, 0.25) is 0 Å². The van der Waals surface area contributed by atoms with Crippen LogP contribution in [0.4, 0.5) is 0 Å². The van der Waals surface area contributed by atoms with Gasteiger partial charge in [-0.25, -0.2) is 9.97 Å². The van der Waals surface area contributed by atoms with Gasteiger partial charge in [-0.1, -0.05) is 45.4 Å². The molecule has 27 heavy (non-hydrogen) atoms. The van der Waals surface area contributed by atoms with E-state index in [1.165, 1.54) is 44.9 Å². The molecular formula is C20H33IN6. The second kappa shape index (κ2) is 14.4. The minimum Gasteiger partial charge on any atom is -0.356 e. The van der Waals surface area contributed by atoms with Gasteiger partial charge in [0.15, 0.2) is 5.96 Å². The van der Waals surface area contributed by atoms with Gasteiger partial charge >= 0.3 is 0 Å². The number of hydrogen-bond acceptors (Lipinski definition) is 3. The Balaban J connectivity index is 0.00000364. The lowest BCUT2D eigenvalue weighted by Gasteiger charge is -2.12. The highest BCUT2D eigenvalue weighted by atomic mass is 127. The van der Waals surface area contributed by atoms with Crippen molar-refractivity contribution in [2.24, 2.45) is 4.99 Å². The molecule has 0 amide bonds. The van der Waals surface area contributed by atoms with Crippen molar-refractivity contribution in [2.75, 3.05) is 13.6 Å². The lowest BCUT2D eigenvalue weighted by molar-refractivity contribution is 0.583. The first-order valence-electron chi connectivity index (χ1n) is 9.71. The normalized spacial score (nSPS) is 11.1. The zero-order chi connectivity index (χ0) is 18.5. The number of guanidine groups is 1. The monoisotopic (exact) mass is 484 g/mol. The van der Waals surface area contributed by atoms with E-state index in [2.05, 4.69) is 38.6 Å². The molecule has 2 heterocycles. The van der Waals surface area contributed by atoms with Crippen molar-refractivity contribution in [3.05, 3.63) is 42.6 Å². The largest absolute Gasteiger partial charge is 0.356 e. The van der Waals surface area contributed by atoms with Crippen LogP contribution in [0.15, 0.2) is 42.0 Å². The topological polar surface area (TPSA) is 67.1 Å². The van der Waals surface area contributed by atoms with Gasteiger partial charge in [-0.15, -0.1) is 24.0 Å². The maximum absolute atomic E-state index is 4.38. The average Bonchev–Trinajstić information content (AvgIpc) is 3.21. The summed E-state index contributed by atoms with van der Waals surface area (Å²) in [6.07, 6.45) is 16.4. The van der Waals surface area contributed by atoms with Crippen molar-refractivity contribution in [3.63, 3.8) is 0 Å². The summed E-state index contributed by atoms with van der Waals surface area (Å²) >= 11 is 0. The van der Waals surface area contributed by atoms with E-state index in [1.807, 2.05) is 30.1 Å². The number of halogens is 1. The zero-order valence-electron chi connectivity index (χ0n) is 16.5. The summed E-state index contributed by atoms with van der Waals surface area (Å²) < 4.78 is 1.90. The molecule has 0 aromatic carbocycles. The van der Waals surface area contributed by atoms with E-state index in [1.54, 1.807) is 12.5 Å². The maximum Gasteiger partial charge on any atom is 0.191 e. The van der Waals surface area contributed by atoms with E-state index in [0.717, 1.165) is 23.9 Å². The van der Waals surface area contributed by atoms with Gasteiger partial charge in [0, 0.05) is 38.7 Å². The molecule has 0 fully saturated rings. The third kappa shape index (κ3) is 9.21. The van der Waals surface area contributed by atoms with Gasteiger partial charge in [-0.3, -0.25) is 9.56 Å². The Morgan fingerprint density at radius 1 is 1.07 bits per heavy atom. The highest BCUT2D eigenvalue weighted by molar-refractivity contribution is 14.0. The Morgan fingerprint density at radius 2 is 1.85 bits per heavy atom. The standard InChI is InChI=1S/C20H32N6.HI/c1-3-4-5-6-7-8-9-11-24-20(21-2)25-16-18-10-12-23-19(15-18)26-14-13-22-17-26;/h10,12-15,17H,3-9,11,16H2,1-2H3,(H2,21,24,25);1H. The quantitative estimate of drug-likeness (QED) is 0.216. The molecule has 7 heteroatoms. The maximum atomic E-state index is 4.38. The first-order chi connectivity index (χ1) is 12.8. The Morgan fingerprint density at radius 3 is 2.56 bits per heavy atom. The van der Waals surface area contributed by atoms with E-state index in [4.69, 9.17) is 0 Å². The number of aliphatic imine (C=N–C) groups is 1. The van der Waals surface area contributed by atoms with E-state index in [0.29, 0.717) is 6.54 Å². The highest BCUT2D eigenvalue weighted by Gasteiger charge is 2.02. The van der Waals surface area contributed by atoms with Crippen LogP contribution in [0.5, 0.6) is 0 Å². The number of rotatable bonds is 11. The van der Waals surface area contributed by atoms with Crippen molar-refractivity contribution in [1.82, 2.24) is 25.2 Å². The number of aromatic nitrogens is 3. The van der Waals surface area contributed by atoms with E-state index in [9.17, 15) is 0 Å². The molecule has 0 bridgehead atoms. The summed E-state index contributed by atoms with van der Waals surface area (Å²) in [5.41, 5.74) is 1.16. The Kier molecular flexibility index (Phi) is 12.5. The van der Waals surface area contributed by atoms with Gasteiger partial charge in [0.25, 0.3) is 0 Å². The lowest BCUT2D eigenvalue weighted by Crippen LogP contribution is -2.37. The number of hydrogen-bond donors (Lipinski definition) is 2. The number of unbranched alkanes of at least 4 members (excludes halogenated alkanes) is 6. The smallest absolute Gasteiger partial charge is 0.191 e. The highest BCUT2D eigenvalue weighted by Crippen LogP contribution is 2.07. The van der Waals surface area contributed by atoms with Crippen LogP contribution in [-0.4, -0.2) is 34.1 Å². The molecule has 0 aliphatic carbocycles. The molecule has 2 N–H and O–H groups in total. The summed E-state index contributed by atoms with van der Waals surface area (Å²) in [7, 11) is 1.81. The molecular weight excluding hydrogens is 451 g/mol. The average molecular weight is 484 g/mol. The summed E-state index contributed by atoms with van der Waals surface area (Å²) in [6.45, 7) is 3.93. The second-order valence-corrected chi connectivity index (χ2v) is 6.47. The lowest BCUT2D eigenvalue weighted by atomic mass is 10.1. The number of imidazole rings is 1. The number of nitrogens with one attached hydrogen (secondary N) is 2. The van der Waals surface area contributed by atoms with Gasteiger partial charge in [0.1, 0.15) is 12.1 Å². The Bertz CT molecular complexity index is 642. The fraction of sp³-hybridized carbons (Fsp3) is 0.550. The zero-order valence-corrected chi connectivity index (χ0v) is 18.9. The Hall–Kier alpha value is -1.64. The van der Waals surface area contributed by atoms with Crippen LogP contribution in [0.2, 0.25) is 0 Å². The molecule has 6 nitrogen and oxygen atoms in total. The second-order valence-electron chi connectivity index (χ2n) is 6.47. The molecule has 0 aliphatic heterocycles. The molecule has 0 unspecified atom stereocenters. The third-order valence-electron chi connectivity index (χ3n) is 4.34. The van der Waals surface area contributed by atoms with Gasteiger partial charge < -0.3 is 10.6 Å². The molecule has 0 saturated heterocycles.